The van der Waals surface area contributed by atoms with Crippen LogP contribution in [0.3, 0.4) is 0 Å². The molecule has 4 heteroatoms. The third kappa shape index (κ3) is 2.36. The van der Waals surface area contributed by atoms with Crippen LogP contribution in [0.4, 0.5) is 0 Å². The number of rotatable bonds is 3. The largest absolute Gasteiger partial charge is 0.488 e. The van der Waals surface area contributed by atoms with Gasteiger partial charge in [0.25, 0.3) is 0 Å². The second-order valence-corrected chi connectivity index (χ2v) is 10.9. The Kier molecular flexibility index (Phi) is 4.06. The maximum atomic E-state index is 9.85. The van der Waals surface area contributed by atoms with E-state index in [1.54, 1.807) is 0 Å². The van der Waals surface area contributed by atoms with Gasteiger partial charge < -0.3 is 10.0 Å². The number of fused-ring (bicyclic) bond motifs is 3. The zero-order valence-electron chi connectivity index (χ0n) is 15.3. The van der Waals surface area contributed by atoms with Gasteiger partial charge in [-0.2, -0.15) is 0 Å². The third-order valence-corrected chi connectivity index (χ3v) is 10.6. The van der Waals surface area contributed by atoms with Crippen LogP contribution in [0.15, 0.2) is 103 Å². The molecule has 0 fully saturated rings. The molecule has 0 atom stereocenters. The zero-order valence-corrected chi connectivity index (χ0v) is 16.3. The summed E-state index contributed by atoms with van der Waals surface area (Å²) in [6.45, 7) is 0. The van der Waals surface area contributed by atoms with Crippen molar-refractivity contribution in [2.45, 2.75) is 0 Å². The molecular formula is C24H19BO2Si. The molecule has 5 rings (SSSR count). The van der Waals surface area contributed by atoms with Crippen molar-refractivity contribution < 1.29 is 10.0 Å². The SMILES string of the molecule is OB(O)c1ccc2c(c1)[Si](c1ccccc1)(c1ccccc1)c1ccccc1-2. The monoisotopic (exact) mass is 378 g/mol. The van der Waals surface area contributed by atoms with Crippen LogP contribution in [0.5, 0.6) is 0 Å². The summed E-state index contributed by atoms with van der Waals surface area (Å²) >= 11 is 0. The summed E-state index contributed by atoms with van der Waals surface area (Å²) in [6.07, 6.45) is 0. The fourth-order valence-electron chi connectivity index (χ4n) is 4.62. The van der Waals surface area contributed by atoms with Crippen molar-refractivity contribution in [1.29, 1.82) is 0 Å². The molecule has 28 heavy (non-hydrogen) atoms. The maximum absolute atomic E-state index is 9.85. The standard InChI is InChI=1S/C24H19BO2Si/c26-25(27)18-15-16-22-21-13-7-8-14-23(21)28(24(22)17-18,19-9-3-1-4-10-19)20-11-5-2-6-12-20/h1-17,26-27H. The lowest BCUT2D eigenvalue weighted by molar-refractivity contribution is 0.426. The molecule has 134 valence electrons. The third-order valence-electron chi connectivity index (χ3n) is 5.78. The van der Waals surface area contributed by atoms with Gasteiger partial charge >= 0.3 is 7.12 Å². The predicted octanol–water partition coefficient (Wildman–Crippen LogP) is 0.724. The number of benzene rings is 4. The maximum Gasteiger partial charge on any atom is 0.488 e. The van der Waals surface area contributed by atoms with Gasteiger partial charge in [-0.25, -0.2) is 0 Å². The Morgan fingerprint density at radius 2 is 1.07 bits per heavy atom. The molecule has 1 aliphatic rings. The lowest BCUT2D eigenvalue weighted by Gasteiger charge is -2.31. The van der Waals surface area contributed by atoms with Crippen LogP contribution in [0.25, 0.3) is 11.1 Å². The van der Waals surface area contributed by atoms with Crippen molar-refractivity contribution in [3.05, 3.63) is 103 Å². The first-order valence-electron chi connectivity index (χ1n) is 9.44. The van der Waals surface area contributed by atoms with Gasteiger partial charge in [0.2, 0.25) is 0 Å². The van der Waals surface area contributed by atoms with Gasteiger partial charge in [-0.3, -0.25) is 0 Å². The van der Waals surface area contributed by atoms with Gasteiger partial charge in [0, 0.05) is 0 Å². The topological polar surface area (TPSA) is 40.5 Å². The van der Waals surface area contributed by atoms with Crippen LogP contribution in [0, 0.1) is 0 Å². The summed E-state index contributed by atoms with van der Waals surface area (Å²) in [6, 6.07) is 35.8. The van der Waals surface area contributed by atoms with E-state index in [0.29, 0.717) is 5.46 Å². The minimum absolute atomic E-state index is 0.537. The summed E-state index contributed by atoms with van der Waals surface area (Å²) in [4.78, 5) is 0. The molecule has 1 aliphatic heterocycles. The quantitative estimate of drug-likeness (QED) is 0.455. The van der Waals surface area contributed by atoms with Crippen molar-refractivity contribution in [1.82, 2.24) is 0 Å². The highest BCUT2D eigenvalue weighted by molar-refractivity contribution is 7.22. The van der Waals surface area contributed by atoms with Gasteiger partial charge in [0.15, 0.2) is 8.07 Å². The van der Waals surface area contributed by atoms with Crippen molar-refractivity contribution in [2.75, 3.05) is 0 Å². The Morgan fingerprint density at radius 3 is 1.68 bits per heavy atom. The minimum Gasteiger partial charge on any atom is -0.423 e. The highest BCUT2D eigenvalue weighted by atomic mass is 28.3. The zero-order chi connectivity index (χ0) is 19.1. The van der Waals surface area contributed by atoms with E-state index in [2.05, 4.69) is 72.8 Å². The van der Waals surface area contributed by atoms with Crippen molar-refractivity contribution >= 4 is 41.4 Å². The van der Waals surface area contributed by atoms with E-state index in [-0.39, 0.29) is 0 Å². The lowest BCUT2D eigenvalue weighted by Crippen LogP contribution is -2.73. The van der Waals surface area contributed by atoms with Crippen LogP contribution in [0.1, 0.15) is 0 Å². The summed E-state index contributed by atoms with van der Waals surface area (Å²) in [7, 11) is -4.00. The number of hydrogen-bond donors (Lipinski definition) is 2. The fourth-order valence-corrected chi connectivity index (χ4v) is 9.85. The van der Waals surface area contributed by atoms with Gasteiger partial charge in [0.05, 0.1) is 0 Å². The molecule has 0 unspecified atom stereocenters. The highest BCUT2D eigenvalue weighted by Gasteiger charge is 2.48. The van der Waals surface area contributed by atoms with Crippen LogP contribution >= 0.6 is 0 Å². The summed E-state index contributed by atoms with van der Waals surface area (Å²) in [5, 5.41) is 24.9. The smallest absolute Gasteiger partial charge is 0.423 e. The van der Waals surface area contributed by atoms with E-state index in [4.69, 9.17) is 0 Å². The summed E-state index contributed by atoms with van der Waals surface area (Å²) < 4.78 is 0. The molecule has 2 N–H and O–H groups in total. The molecule has 0 aliphatic carbocycles. The average molecular weight is 378 g/mol. The van der Waals surface area contributed by atoms with E-state index < -0.39 is 15.2 Å². The summed E-state index contributed by atoms with van der Waals surface area (Å²) in [5.41, 5.74) is 2.98. The van der Waals surface area contributed by atoms with Crippen LogP contribution in [-0.2, 0) is 0 Å². The van der Waals surface area contributed by atoms with Crippen molar-refractivity contribution in [2.24, 2.45) is 0 Å². The van der Waals surface area contributed by atoms with E-state index in [0.717, 1.165) is 0 Å². The minimum atomic E-state index is -2.53. The Balaban J connectivity index is 1.96. The molecule has 0 bridgehead atoms. The predicted molar refractivity (Wildman–Crippen MR) is 119 cm³/mol. The van der Waals surface area contributed by atoms with E-state index in [1.807, 2.05) is 30.3 Å². The summed E-state index contributed by atoms with van der Waals surface area (Å²) in [5.74, 6) is 0. The van der Waals surface area contributed by atoms with Gasteiger partial charge in [-0.15, -0.1) is 0 Å². The van der Waals surface area contributed by atoms with Crippen LogP contribution in [-0.4, -0.2) is 25.2 Å². The van der Waals surface area contributed by atoms with E-state index >= 15 is 0 Å². The molecule has 2 nitrogen and oxygen atoms in total. The Morgan fingerprint density at radius 1 is 0.536 bits per heavy atom. The second-order valence-electron chi connectivity index (χ2n) is 7.21. The molecule has 4 aromatic carbocycles. The lowest BCUT2D eigenvalue weighted by atomic mass is 9.80. The molecule has 0 amide bonds. The highest BCUT2D eigenvalue weighted by Crippen LogP contribution is 2.27. The second kappa shape index (κ2) is 6.60. The average Bonchev–Trinajstić information content (AvgIpc) is 3.05. The Labute approximate surface area is 165 Å². The fraction of sp³-hybridized carbons (Fsp3) is 0. The first kappa shape index (κ1) is 17.2. The van der Waals surface area contributed by atoms with Crippen LogP contribution in [0.2, 0.25) is 0 Å². The van der Waals surface area contributed by atoms with Crippen molar-refractivity contribution in [3.63, 3.8) is 0 Å². The Bertz CT molecular complexity index is 1100. The Hall–Kier alpha value is -2.92. The normalized spacial score (nSPS) is 13.6. The molecule has 4 aromatic rings. The van der Waals surface area contributed by atoms with Gasteiger partial charge in [-0.1, -0.05) is 103 Å². The molecule has 0 radical (unpaired) electrons. The van der Waals surface area contributed by atoms with Crippen LogP contribution < -0.4 is 26.2 Å². The van der Waals surface area contributed by atoms with E-state index in [9.17, 15) is 10.0 Å². The molecular weight excluding hydrogens is 359 g/mol. The first-order chi connectivity index (χ1) is 13.7. The molecule has 0 saturated heterocycles. The molecule has 1 heterocycles. The molecule has 0 saturated carbocycles. The van der Waals surface area contributed by atoms with Gasteiger partial charge in [-0.05, 0) is 37.3 Å². The molecule has 0 spiro atoms. The molecule has 0 aromatic heterocycles. The first-order valence-corrected chi connectivity index (χ1v) is 11.4. The number of hydrogen-bond acceptors (Lipinski definition) is 2. The van der Waals surface area contributed by atoms with E-state index in [1.165, 1.54) is 31.9 Å². The van der Waals surface area contributed by atoms with Gasteiger partial charge in [0.1, 0.15) is 0 Å². The van der Waals surface area contributed by atoms with Crippen molar-refractivity contribution in [3.8, 4) is 11.1 Å².